The summed E-state index contributed by atoms with van der Waals surface area (Å²) in [6.45, 7) is 4.37. The lowest BCUT2D eigenvalue weighted by molar-refractivity contribution is 0.243. The van der Waals surface area contributed by atoms with E-state index in [-0.39, 0.29) is 4.90 Å². The van der Waals surface area contributed by atoms with Crippen LogP contribution in [0.2, 0.25) is 0 Å². The van der Waals surface area contributed by atoms with Crippen LogP contribution in [0.1, 0.15) is 18.4 Å². The maximum absolute atomic E-state index is 11.5. The van der Waals surface area contributed by atoms with Crippen molar-refractivity contribution in [3.63, 3.8) is 0 Å². The van der Waals surface area contributed by atoms with Gasteiger partial charge in [-0.15, -0.1) is 6.42 Å². The molecule has 1 aliphatic heterocycles. The number of anilines is 1. The largest absolute Gasteiger partial charge is 0.382 e. The molecule has 1 aliphatic rings. The fraction of sp³-hybridized carbons (Fsp3) is 0.467. The highest BCUT2D eigenvalue weighted by Crippen LogP contribution is 2.24. The third-order valence-electron chi connectivity index (χ3n) is 3.85. The SMILES string of the molecule is C#CCN1CCC(Nc2cccc(S(N)(=O)=O)c2C)CC1. The zero-order valence-electron chi connectivity index (χ0n) is 12.2. The number of terminal acetylenes is 1. The first-order valence-corrected chi connectivity index (χ1v) is 8.51. The second-order valence-electron chi connectivity index (χ2n) is 5.37. The molecule has 2 rings (SSSR count). The van der Waals surface area contributed by atoms with Gasteiger partial charge in [-0.25, -0.2) is 13.6 Å². The van der Waals surface area contributed by atoms with Gasteiger partial charge in [0.2, 0.25) is 10.0 Å². The zero-order valence-corrected chi connectivity index (χ0v) is 13.0. The van der Waals surface area contributed by atoms with Crippen LogP contribution in [-0.2, 0) is 10.0 Å². The molecule has 0 atom stereocenters. The van der Waals surface area contributed by atoms with E-state index < -0.39 is 10.0 Å². The topological polar surface area (TPSA) is 75.4 Å². The minimum Gasteiger partial charge on any atom is -0.382 e. The highest BCUT2D eigenvalue weighted by Gasteiger charge is 2.20. The molecule has 0 saturated carbocycles. The van der Waals surface area contributed by atoms with Crippen molar-refractivity contribution in [2.75, 3.05) is 25.0 Å². The molecule has 1 aromatic carbocycles. The molecule has 0 radical (unpaired) electrons. The van der Waals surface area contributed by atoms with Gasteiger partial charge >= 0.3 is 0 Å². The van der Waals surface area contributed by atoms with E-state index in [1.165, 1.54) is 6.07 Å². The standard InChI is InChI=1S/C15H21N3O2S/c1-3-9-18-10-7-13(8-11-18)17-14-5-4-6-15(12(14)2)21(16,19)20/h1,4-6,13,17H,7-11H2,2H3,(H2,16,19,20). The number of nitrogens with one attached hydrogen (secondary N) is 1. The molecule has 1 fully saturated rings. The van der Waals surface area contributed by atoms with E-state index in [0.717, 1.165) is 31.6 Å². The lowest BCUT2D eigenvalue weighted by Gasteiger charge is -2.32. The Hall–Kier alpha value is -1.55. The van der Waals surface area contributed by atoms with Crippen molar-refractivity contribution in [1.82, 2.24) is 4.90 Å². The molecule has 6 heteroatoms. The van der Waals surface area contributed by atoms with Crippen LogP contribution in [0, 0.1) is 19.3 Å². The highest BCUT2D eigenvalue weighted by atomic mass is 32.2. The fourth-order valence-electron chi connectivity index (χ4n) is 2.66. The predicted molar refractivity (Wildman–Crippen MR) is 84.5 cm³/mol. The summed E-state index contributed by atoms with van der Waals surface area (Å²) in [4.78, 5) is 2.42. The molecule has 5 nitrogen and oxygen atoms in total. The number of piperidine rings is 1. The Morgan fingerprint density at radius 3 is 2.67 bits per heavy atom. The van der Waals surface area contributed by atoms with E-state index in [9.17, 15) is 8.42 Å². The number of sulfonamides is 1. The van der Waals surface area contributed by atoms with Crippen LogP contribution in [0.5, 0.6) is 0 Å². The van der Waals surface area contributed by atoms with Crippen LogP contribution in [-0.4, -0.2) is 39.0 Å². The van der Waals surface area contributed by atoms with Gasteiger partial charge in [-0.2, -0.15) is 0 Å². The van der Waals surface area contributed by atoms with Gasteiger partial charge in [0.1, 0.15) is 0 Å². The smallest absolute Gasteiger partial charge is 0.238 e. The second-order valence-corrected chi connectivity index (χ2v) is 6.90. The average molecular weight is 307 g/mol. The van der Waals surface area contributed by atoms with E-state index in [2.05, 4.69) is 16.1 Å². The lowest BCUT2D eigenvalue weighted by atomic mass is 10.0. The Labute approximate surface area is 126 Å². The van der Waals surface area contributed by atoms with Crippen molar-refractivity contribution in [1.29, 1.82) is 0 Å². The third kappa shape index (κ3) is 3.97. The summed E-state index contributed by atoms with van der Waals surface area (Å²) in [5.74, 6) is 2.66. The average Bonchev–Trinajstić information content (AvgIpc) is 2.42. The summed E-state index contributed by atoms with van der Waals surface area (Å²) < 4.78 is 23.1. The summed E-state index contributed by atoms with van der Waals surface area (Å²) in [6, 6.07) is 5.46. The van der Waals surface area contributed by atoms with Gasteiger partial charge in [-0.05, 0) is 37.5 Å². The van der Waals surface area contributed by atoms with Crippen LogP contribution in [0.25, 0.3) is 0 Å². The predicted octanol–water partition coefficient (Wildman–Crippen LogP) is 1.15. The number of nitrogens with zero attached hydrogens (tertiary/aromatic N) is 1. The molecule has 0 bridgehead atoms. The molecule has 21 heavy (non-hydrogen) atoms. The van der Waals surface area contributed by atoms with Crippen LogP contribution in [0.15, 0.2) is 23.1 Å². The van der Waals surface area contributed by atoms with E-state index in [0.29, 0.717) is 18.2 Å². The molecule has 114 valence electrons. The van der Waals surface area contributed by atoms with Gasteiger partial charge in [0, 0.05) is 24.8 Å². The van der Waals surface area contributed by atoms with Crippen LogP contribution >= 0.6 is 0 Å². The number of hydrogen-bond donors (Lipinski definition) is 2. The minimum absolute atomic E-state index is 0.178. The Morgan fingerprint density at radius 2 is 2.10 bits per heavy atom. The number of rotatable bonds is 4. The maximum Gasteiger partial charge on any atom is 0.238 e. The van der Waals surface area contributed by atoms with Crippen molar-refractivity contribution in [3.05, 3.63) is 23.8 Å². The van der Waals surface area contributed by atoms with Gasteiger partial charge < -0.3 is 5.32 Å². The summed E-state index contributed by atoms with van der Waals surface area (Å²) in [7, 11) is -3.68. The molecular weight excluding hydrogens is 286 g/mol. The Bertz CT molecular complexity index is 641. The summed E-state index contributed by atoms with van der Waals surface area (Å²) in [6.07, 6.45) is 7.29. The van der Waals surface area contributed by atoms with Crippen LogP contribution in [0.3, 0.4) is 0 Å². The van der Waals surface area contributed by atoms with E-state index in [1.54, 1.807) is 13.0 Å². The molecule has 0 unspecified atom stereocenters. The molecule has 0 aliphatic carbocycles. The molecular formula is C15H21N3O2S. The first kappa shape index (κ1) is 15.8. The van der Waals surface area contributed by atoms with Crippen molar-refractivity contribution in [2.24, 2.45) is 5.14 Å². The number of hydrogen-bond acceptors (Lipinski definition) is 4. The van der Waals surface area contributed by atoms with Gasteiger partial charge in [-0.1, -0.05) is 12.0 Å². The van der Waals surface area contributed by atoms with Crippen molar-refractivity contribution in [3.8, 4) is 12.3 Å². The van der Waals surface area contributed by atoms with Gasteiger partial charge in [0.15, 0.2) is 0 Å². The van der Waals surface area contributed by atoms with Crippen molar-refractivity contribution < 1.29 is 8.42 Å². The molecule has 0 spiro atoms. The minimum atomic E-state index is -3.68. The number of likely N-dealkylation sites (tertiary alicyclic amines) is 1. The van der Waals surface area contributed by atoms with Gasteiger partial charge in [-0.3, -0.25) is 4.90 Å². The Balaban J connectivity index is 2.07. The van der Waals surface area contributed by atoms with Crippen LogP contribution in [0.4, 0.5) is 5.69 Å². The van der Waals surface area contributed by atoms with E-state index >= 15 is 0 Å². The number of primary sulfonamides is 1. The molecule has 1 aromatic rings. The quantitative estimate of drug-likeness (QED) is 0.818. The van der Waals surface area contributed by atoms with E-state index in [1.807, 2.05) is 6.07 Å². The maximum atomic E-state index is 11.5. The van der Waals surface area contributed by atoms with Gasteiger partial charge in [0.25, 0.3) is 0 Å². The Morgan fingerprint density at radius 1 is 1.43 bits per heavy atom. The lowest BCUT2D eigenvalue weighted by Crippen LogP contribution is -2.39. The van der Waals surface area contributed by atoms with Crippen molar-refractivity contribution in [2.45, 2.75) is 30.7 Å². The molecule has 0 amide bonds. The summed E-state index contributed by atoms with van der Waals surface area (Å²) >= 11 is 0. The molecule has 1 heterocycles. The third-order valence-corrected chi connectivity index (χ3v) is 4.91. The second kappa shape index (κ2) is 6.48. The first-order valence-electron chi connectivity index (χ1n) is 6.96. The molecule has 0 aromatic heterocycles. The van der Waals surface area contributed by atoms with E-state index in [4.69, 9.17) is 11.6 Å². The first-order chi connectivity index (χ1) is 9.91. The highest BCUT2D eigenvalue weighted by molar-refractivity contribution is 7.89. The molecule has 1 saturated heterocycles. The number of benzene rings is 1. The fourth-order valence-corrected chi connectivity index (χ4v) is 3.47. The Kier molecular flexibility index (Phi) is 4.88. The molecule has 3 N–H and O–H groups in total. The zero-order chi connectivity index (χ0) is 15.5. The van der Waals surface area contributed by atoms with Crippen LogP contribution < -0.4 is 10.5 Å². The van der Waals surface area contributed by atoms with Gasteiger partial charge in [0.05, 0.1) is 11.4 Å². The summed E-state index contributed by atoms with van der Waals surface area (Å²) in [5.41, 5.74) is 1.50. The monoisotopic (exact) mass is 307 g/mol. The number of nitrogens with two attached hydrogens (primary N) is 1. The normalized spacial score (nSPS) is 17.4. The summed E-state index contributed by atoms with van der Waals surface area (Å²) in [5, 5.41) is 8.66. The van der Waals surface area contributed by atoms with Crippen molar-refractivity contribution >= 4 is 15.7 Å².